The molecule has 0 unspecified atom stereocenters. The number of nitrogens with zero attached hydrogens (tertiary/aromatic N) is 2. The largest absolute Gasteiger partial charge is 0.336 e. The SMILES string of the molecule is CCCN(C(=O)c1ccc(C)c(S(=O)(=O)N(CC)CC)c1)C1CCNCC1. The van der Waals surface area contributed by atoms with Crippen LogP contribution in [0.15, 0.2) is 23.1 Å². The van der Waals surface area contributed by atoms with E-state index in [1.807, 2.05) is 18.7 Å². The van der Waals surface area contributed by atoms with Gasteiger partial charge in [-0.15, -0.1) is 0 Å². The van der Waals surface area contributed by atoms with E-state index in [0.717, 1.165) is 32.4 Å². The first-order valence-electron chi connectivity index (χ1n) is 9.99. The van der Waals surface area contributed by atoms with Crippen molar-refractivity contribution in [2.75, 3.05) is 32.7 Å². The van der Waals surface area contributed by atoms with Crippen molar-refractivity contribution in [2.24, 2.45) is 0 Å². The van der Waals surface area contributed by atoms with E-state index < -0.39 is 10.0 Å². The lowest BCUT2D eigenvalue weighted by Crippen LogP contribution is -2.46. The van der Waals surface area contributed by atoms with Crippen LogP contribution in [0.3, 0.4) is 0 Å². The molecule has 1 saturated heterocycles. The molecule has 0 spiro atoms. The van der Waals surface area contributed by atoms with E-state index in [1.165, 1.54) is 4.31 Å². The second kappa shape index (κ2) is 9.66. The zero-order chi connectivity index (χ0) is 20.0. The van der Waals surface area contributed by atoms with Gasteiger partial charge < -0.3 is 10.2 Å². The third-order valence-electron chi connectivity index (χ3n) is 5.23. The van der Waals surface area contributed by atoms with E-state index in [2.05, 4.69) is 12.2 Å². The molecular weight excluding hydrogens is 362 g/mol. The van der Waals surface area contributed by atoms with Crippen molar-refractivity contribution in [3.05, 3.63) is 29.3 Å². The number of sulfonamides is 1. The third kappa shape index (κ3) is 4.89. The maximum absolute atomic E-state index is 13.2. The monoisotopic (exact) mass is 395 g/mol. The number of rotatable bonds is 8. The predicted molar refractivity (Wildman–Crippen MR) is 109 cm³/mol. The summed E-state index contributed by atoms with van der Waals surface area (Å²) in [7, 11) is -3.60. The van der Waals surface area contributed by atoms with Crippen molar-refractivity contribution in [3.63, 3.8) is 0 Å². The number of carbonyl (C=O) groups is 1. The Kier molecular flexibility index (Phi) is 7.82. The fourth-order valence-corrected chi connectivity index (χ4v) is 5.40. The standard InChI is InChI=1S/C20H33N3O3S/c1-5-14-23(18-10-12-21-13-11-18)20(24)17-9-8-16(4)19(15-17)27(25,26)22(6-2)7-3/h8-9,15,18,21H,5-7,10-14H2,1-4H3. The van der Waals surface area contributed by atoms with E-state index in [-0.39, 0.29) is 16.8 Å². The quantitative estimate of drug-likeness (QED) is 0.735. The molecule has 7 heteroatoms. The number of nitrogens with one attached hydrogen (secondary N) is 1. The number of carbonyl (C=O) groups excluding carboxylic acids is 1. The predicted octanol–water partition coefficient (Wildman–Crippen LogP) is 2.63. The number of benzene rings is 1. The third-order valence-corrected chi connectivity index (χ3v) is 7.43. The van der Waals surface area contributed by atoms with Crippen LogP contribution < -0.4 is 5.32 Å². The normalized spacial score (nSPS) is 15.9. The summed E-state index contributed by atoms with van der Waals surface area (Å²) in [5.74, 6) is -0.0697. The van der Waals surface area contributed by atoms with Gasteiger partial charge in [0.15, 0.2) is 0 Å². The first-order chi connectivity index (χ1) is 12.9. The Balaban J connectivity index is 2.38. The molecule has 0 radical (unpaired) electrons. The first-order valence-corrected chi connectivity index (χ1v) is 11.4. The Morgan fingerprint density at radius 1 is 1.15 bits per heavy atom. The highest BCUT2D eigenvalue weighted by molar-refractivity contribution is 7.89. The number of aryl methyl sites for hydroxylation is 1. The number of hydrogen-bond donors (Lipinski definition) is 1. The first kappa shape index (κ1) is 21.9. The molecule has 1 aliphatic rings. The smallest absolute Gasteiger partial charge is 0.254 e. The van der Waals surface area contributed by atoms with Crippen molar-refractivity contribution in [3.8, 4) is 0 Å². The molecule has 152 valence electrons. The van der Waals surface area contributed by atoms with Crippen LogP contribution >= 0.6 is 0 Å². The summed E-state index contributed by atoms with van der Waals surface area (Å²) in [6.07, 6.45) is 2.75. The molecule has 0 atom stereocenters. The minimum Gasteiger partial charge on any atom is -0.336 e. The van der Waals surface area contributed by atoms with E-state index in [0.29, 0.717) is 30.8 Å². The molecule has 1 aliphatic heterocycles. The van der Waals surface area contributed by atoms with Gasteiger partial charge in [0.1, 0.15) is 0 Å². The highest BCUT2D eigenvalue weighted by Gasteiger charge is 2.28. The Bertz CT molecular complexity index is 739. The van der Waals surface area contributed by atoms with Crippen molar-refractivity contribution < 1.29 is 13.2 Å². The van der Waals surface area contributed by atoms with Gasteiger partial charge in [0.25, 0.3) is 5.91 Å². The second-order valence-corrected chi connectivity index (χ2v) is 8.96. The molecule has 27 heavy (non-hydrogen) atoms. The van der Waals surface area contributed by atoms with Gasteiger partial charge in [-0.1, -0.05) is 26.8 Å². The van der Waals surface area contributed by atoms with E-state index in [1.54, 1.807) is 25.1 Å². The van der Waals surface area contributed by atoms with Gasteiger partial charge in [0, 0.05) is 31.2 Å². The van der Waals surface area contributed by atoms with Crippen molar-refractivity contribution in [1.82, 2.24) is 14.5 Å². The molecule has 1 heterocycles. The van der Waals surface area contributed by atoms with E-state index >= 15 is 0 Å². The minimum absolute atomic E-state index is 0.0697. The van der Waals surface area contributed by atoms with Gasteiger partial charge in [-0.05, 0) is 57.0 Å². The average molecular weight is 396 g/mol. The molecule has 1 N–H and O–H groups in total. The number of piperidine rings is 1. The molecule has 0 aromatic heterocycles. The Hall–Kier alpha value is -1.44. The maximum Gasteiger partial charge on any atom is 0.254 e. The number of amides is 1. The molecule has 0 saturated carbocycles. The van der Waals surface area contributed by atoms with Gasteiger partial charge >= 0.3 is 0 Å². The van der Waals surface area contributed by atoms with Gasteiger partial charge in [-0.25, -0.2) is 8.42 Å². The van der Waals surface area contributed by atoms with Crippen LogP contribution in [0.4, 0.5) is 0 Å². The highest BCUT2D eigenvalue weighted by atomic mass is 32.2. The van der Waals surface area contributed by atoms with Crippen LogP contribution in [0, 0.1) is 6.92 Å². The fraction of sp³-hybridized carbons (Fsp3) is 0.650. The molecular formula is C20H33N3O3S. The van der Waals surface area contributed by atoms with Crippen LogP contribution in [0.1, 0.15) is 56.0 Å². The summed E-state index contributed by atoms with van der Waals surface area (Å²) in [6.45, 7) is 10.8. The van der Waals surface area contributed by atoms with Crippen LogP contribution in [-0.2, 0) is 10.0 Å². The van der Waals surface area contributed by atoms with Crippen molar-refractivity contribution in [1.29, 1.82) is 0 Å². The Labute approximate surface area is 164 Å². The van der Waals surface area contributed by atoms with Gasteiger partial charge in [-0.2, -0.15) is 4.31 Å². The Morgan fingerprint density at radius 3 is 2.33 bits per heavy atom. The molecule has 2 rings (SSSR count). The molecule has 1 aromatic rings. The van der Waals surface area contributed by atoms with Crippen LogP contribution in [0.2, 0.25) is 0 Å². The minimum atomic E-state index is -3.60. The van der Waals surface area contributed by atoms with Gasteiger partial charge in [-0.3, -0.25) is 4.79 Å². The van der Waals surface area contributed by atoms with Crippen molar-refractivity contribution >= 4 is 15.9 Å². The van der Waals surface area contributed by atoms with Crippen LogP contribution in [0.5, 0.6) is 0 Å². The topological polar surface area (TPSA) is 69.7 Å². The van der Waals surface area contributed by atoms with E-state index in [4.69, 9.17) is 0 Å². The molecule has 0 aliphatic carbocycles. The molecule has 6 nitrogen and oxygen atoms in total. The summed E-state index contributed by atoms with van der Waals surface area (Å²) in [4.78, 5) is 15.4. The lowest BCUT2D eigenvalue weighted by atomic mass is 10.0. The Morgan fingerprint density at radius 2 is 1.78 bits per heavy atom. The lowest BCUT2D eigenvalue weighted by molar-refractivity contribution is 0.0642. The summed E-state index contributed by atoms with van der Waals surface area (Å²) < 4.78 is 27.4. The zero-order valence-corrected chi connectivity index (χ0v) is 17.8. The molecule has 1 amide bonds. The van der Waals surface area contributed by atoms with Crippen LogP contribution in [-0.4, -0.2) is 62.3 Å². The zero-order valence-electron chi connectivity index (χ0n) is 17.0. The number of hydrogen-bond acceptors (Lipinski definition) is 4. The lowest BCUT2D eigenvalue weighted by Gasteiger charge is -2.34. The fourth-order valence-electron chi connectivity index (χ4n) is 3.69. The summed E-state index contributed by atoms with van der Waals surface area (Å²) >= 11 is 0. The van der Waals surface area contributed by atoms with Crippen molar-refractivity contribution in [2.45, 2.75) is 57.9 Å². The summed E-state index contributed by atoms with van der Waals surface area (Å²) in [5.41, 5.74) is 1.13. The highest BCUT2D eigenvalue weighted by Crippen LogP contribution is 2.23. The van der Waals surface area contributed by atoms with Gasteiger partial charge in [0.2, 0.25) is 10.0 Å². The molecule has 0 bridgehead atoms. The second-order valence-electron chi connectivity index (χ2n) is 7.05. The summed E-state index contributed by atoms with van der Waals surface area (Å²) in [6, 6.07) is 5.27. The molecule has 1 fully saturated rings. The van der Waals surface area contributed by atoms with E-state index in [9.17, 15) is 13.2 Å². The van der Waals surface area contributed by atoms with Gasteiger partial charge in [0.05, 0.1) is 4.90 Å². The maximum atomic E-state index is 13.2. The van der Waals surface area contributed by atoms with Crippen LogP contribution in [0.25, 0.3) is 0 Å². The summed E-state index contributed by atoms with van der Waals surface area (Å²) in [5, 5.41) is 3.33. The average Bonchev–Trinajstić information content (AvgIpc) is 2.67. The molecule has 1 aromatic carbocycles.